The molecule has 0 aliphatic carbocycles. The molecule has 5 rings (SSSR count). The van der Waals surface area contributed by atoms with E-state index in [1.165, 1.54) is 48.3 Å². The Balaban J connectivity index is 1.63. The van der Waals surface area contributed by atoms with Crippen molar-refractivity contribution >= 4 is 137 Å². The van der Waals surface area contributed by atoms with E-state index in [0.29, 0.717) is 16.5 Å². The van der Waals surface area contributed by atoms with E-state index >= 15 is 0 Å². The summed E-state index contributed by atoms with van der Waals surface area (Å²) in [5.41, 5.74) is 6.08. The minimum atomic E-state index is -5.03. The first-order chi connectivity index (χ1) is 33.8. The SMILES string of the molecule is Cc1cc(N=Nc2cc(SCCCS(=O)(=O)O)c(N)cc2Nc2nc(Nc3cccc(S(=O)(=O)O)c3)nc(N(C)CCS(=O)(=O)O)n2)c(SCCCS(=O)(=O)O)cc1N=Nc1ccc([N+](=O)[O-])cc1S(=O)(=O)O. The molecule has 0 unspecified atom stereocenters. The van der Waals surface area contributed by atoms with Gasteiger partial charge in [-0.15, -0.1) is 38.9 Å². The van der Waals surface area contributed by atoms with Gasteiger partial charge in [-0.05, 0) is 85.4 Å². The van der Waals surface area contributed by atoms with Gasteiger partial charge in [-0.25, -0.2) is 0 Å². The Hall–Kier alpha value is -6.06. The molecule has 0 saturated heterocycles. The van der Waals surface area contributed by atoms with Crippen molar-refractivity contribution in [2.24, 2.45) is 20.5 Å². The Kier molecular flexibility index (Phi) is 18.9. The van der Waals surface area contributed by atoms with Crippen molar-refractivity contribution < 1.29 is 69.8 Å². The second-order valence-electron chi connectivity index (χ2n) is 15.0. The highest BCUT2D eigenvalue weighted by Crippen LogP contribution is 2.42. The number of nitrogens with zero attached hydrogens (tertiary/aromatic N) is 9. The van der Waals surface area contributed by atoms with Crippen LogP contribution in [-0.4, -0.2) is 127 Å². The van der Waals surface area contributed by atoms with Crippen LogP contribution >= 0.6 is 23.5 Å². The van der Waals surface area contributed by atoms with Gasteiger partial charge in [-0.2, -0.15) is 62.2 Å². The molecule has 394 valence electrons. The van der Waals surface area contributed by atoms with Gasteiger partial charge < -0.3 is 21.3 Å². The fraction of sp³-hybridized carbons (Fsp3) is 0.270. The van der Waals surface area contributed by atoms with Gasteiger partial charge in [-0.3, -0.25) is 32.9 Å². The Morgan fingerprint density at radius 1 is 0.658 bits per heavy atom. The Bertz CT molecular complexity index is 3550. The van der Waals surface area contributed by atoms with Gasteiger partial charge in [0.1, 0.15) is 16.3 Å². The molecule has 0 fully saturated rings. The van der Waals surface area contributed by atoms with E-state index in [0.717, 1.165) is 47.8 Å². The summed E-state index contributed by atoms with van der Waals surface area (Å²) in [6.45, 7) is 1.21. The number of aryl methyl sites for hydroxylation is 1. The third kappa shape index (κ3) is 18.4. The molecule has 5 aromatic rings. The van der Waals surface area contributed by atoms with Gasteiger partial charge in [0.2, 0.25) is 17.8 Å². The molecule has 4 aromatic carbocycles. The average molecular weight is 1150 g/mol. The highest BCUT2D eigenvalue weighted by Gasteiger charge is 2.22. The lowest BCUT2D eigenvalue weighted by molar-refractivity contribution is -0.385. The predicted molar refractivity (Wildman–Crippen MR) is 269 cm³/mol. The fourth-order valence-corrected chi connectivity index (χ4v) is 10.7. The summed E-state index contributed by atoms with van der Waals surface area (Å²) < 4.78 is 164. The average Bonchev–Trinajstić information content (AvgIpc) is 3.27. The first kappa shape index (κ1) is 57.8. The van der Waals surface area contributed by atoms with Crippen molar-refractivity contribution in [3.05, 3.63) is 82.4 Å². The van der Waals surface area contributed by atoms with E-state index in [4.69, 9.17) is 5.73 Å². The number of nitro groups is 1. The van der Waals surface area contributed by atoms with Gasteiger partial charge in [0.25, 0.3) is 56.3 Å². The third-order valence-corrected chi connectivity index (χ3v) is 15.6. The van der Waals surface area contributed by atoms with Crippen LogP contribution in [0.3, 0.4) is 0 Å². The van der Waals surface area contributed by atoms with Crippen LogP contribution in [-0.2, 0) is 50.6 Å². The second kappa shape index (κ2) is 23.9. The molecule has 0 radical (unpaired) electrons. The maximum absolute atomic E-state index is 12.1. The van der Waals surface area contributed by atoms with Crippen molar-refractivity contribution in [3.63, 3.8) is 0 Å². The Morgan fingerprint density at radius 3 is 1.81 bits per heavy atom. The summed E-state index contributed by atoms with van der Waals surface area (Å²) in [6.07, 6.45) is -0.0544. The highest BCUT2D eigenvalue weighted by atomic mass is 32.2. The normalized spacial score (nSPS) is 12.6. The molecule has 9 N–H and O–H groups in total. The molecule has 36 heteroatoms. The number of hydrogen-bond donors (Lipinski definition) is 8. The van der Waals surface area contributed by atoms with Crippen molar-refractivity contribution in [2.75, 3.05) is 63.6 Å². The standard InChI is InChI=1S/C37H42N12O17S7/c1-22-16-31(33(68-12-5-14-70(55,56)57)20-28(22)45-44-27-9-8-24(49(50)51)18-34(27)73(64,65)66)47-46-30-21-32(67-11-4-13-69(52,53)54)26(38)19-29(30)40-36-41-35(39-23-6-3-7-25(17-23)72(61,62)63)42-37(43-36)48(2)10-15-71(58,59)60/h3,6-9,16-21H,4-5,10-15,38H2,1-2H3,(H,52,53,54)(H,55,56,57)(H,58,59,60)(H,61,62,63)(H,64,65,66)(H2,39,40,41,42,43). The second-order valence-corrected chi connectivity index (χ2v) is 24.8. The predicted octanol–water partition coefficient (Wildman–Crippen LogP) is 6.55. The topological polar surface area (TPSA) is 456 Å². The number of non-ortho nitro benzene ring substituents is 1. The number of nitro benzene ring substituents is 1. The summed E-state index contributed by atoms with van der Waals surface area (Å²) in [5.74, 6) is -2.44. The lowest BCUT2D eigenvalue weighted by Gasteiger charge is -2.19. The van der Waals surface area contributed by atoms with Crippen molar-refractivity contribution in [1.29, 1.82) is 0 Å². The van der Waals surface area contributed by atoms with Crippen LogP contribution in [0.2, 0.25) is 0 Å². The summed E-state index contributed by atoms with van der Waals surface area (Å²) in [5, 5.41) is 34.0. The van der Waals surface area contributed by atoms with Crippen molar-refractivity contribution in [1.82, 2.24) is 15.0 Å². The zero-order chi connectivity index (χ0) is 54.1. The number of rotatable bonds is 25. The molecule has 1 heterocycles. The quantitative estimate of drug-likeness (QED) is 0.00584. The summed E-state index contributed by atoms with van der Waals surface area (Å²) >= 11 is 2.12. The number of nitrogen functional groups attached to an aromatic ring is 1. The molecule has 73 heavy (non-hydrogen) atoms. The molecular weight excluding hydrogens is 1110 g/mol. The van der Waals surface area contributed by atoms with E-state index in [2.05, 4.69) is 46.0 Å². The number of thioether (sulfide) groups is 2. The lowest BCUT2D eigenvalue weighted by atomic mass is 10.2. The van der Waals surface area contributed by atoms with Crippen LogP contribution in [0.1, 0.15) is 18.4 Å². The smallest absolute Gasteiger partial charge is 0.297 e. The van der Waals surface area contributed by atoms with Gasteiger partial charge in [0.05, 0.1) is 44.1 Å². The zero-order valence-corrected chi connectivity index (χ0v) is 43.3. The van der Waals surface area contributed by atoms with Crippen molar-refractivity contribution in [3.8, 4) is 0 Å². The minimum absolute atomic E-state index is 0.00295. The van der Waals surface area contributed by atoms with Crippen LogP contribution in [0.4, 0.5) is 63.3 Å². The first-order valence-electron chi connectivity index (χ1n) is 20.2. The Morgan fingerprint density at radius 2 is 1.22 bits per heavy atom. The summed E-state index contributed by atoms with van der Waals surface area (Å²) in [4.78, 5) is 23.9. The number of anilines is 6. The van der Waals surface area contributed by atoms with Crippen LogP contribution in [0.25, 0.3) is 0 Å². The number of benzene rings is 4. The highest BCUT2D eigenvalue weighted by molar-refractivity contribution is 7.99. The third-order valence-electron chi connectivity index (χ3n) is 9.26. The number of hydrogen-bond acceptors (Lipinski definition) is 25. The monoisotopic (exact) mass is 1150 g/mol. The molecule has 0 aliphatic heterocycles. The van der Waals surface area contributed by atoms with E-state index in [-0.39, 0.29) is 87.8 Å². The number of nitrogens with two attached hydrogens (primary N) is 1. The van der Waals surface area contributed by atoms with Gasteiger partial charge in [-0.1, -0.05) is 6.07 Å². The van der Waals surface area contributed by atoms with E-state index in [1.54, 1.807) is 6.92 Å². The van der Waals surface area contributed by atoms with Crippen LogP contribution in [0.5, 0.6) is 0 Å². The number of aromatic nitrogens is 3. The maximum Gasteiger partial charge on any atom is 0.297 e. The number of azo groups is 2. The Labute approximate surface area is 425 Å². The number of nitrogens with one attached hydrogen (secondary N) is 2. The fourth-order valence-electron chi connectivity index (χ4n) is 5.81. The maximum atomic E-state index is 12.1. The van der Waals surface area contributed by atoms with E-state index in [9.17, 15) is 75.0 Å². The first-order valence-corrected chi connectivity index (χ1v) is 29.9. The van der Waals surface area contributed by atoms with E-state index < -0.39 is 93.9 Å². The molecule has 29 nitrogen and oxygen atoms in total. The molecular formula is C37H42N12O17S7. The molecule has 1 aromatic heterocycles. The summed E-state index contributed by atoms with van der Waals surface area (Å²) in [7, 11) is -21.4. The lowest BCUT2D eigenvalue weighted by Crippen LogP contribution is -2.27. The largest absolute Gasteiger partial charge is 0.398 e. The zero-order valence-electron chi connectivity index (χ0n) is 37.6. The summed E-state index contributed by atoms with van der Waals surface area (Å²) in [6, 6.07) is 13.1. The van der Waals surface area contributed by atoms with Crippen LogP contribution < -0.4 is 21.3 Å². The molecule has 0 amide bonds. The van der Waals surface area contributed by atoms with E-state index in [1.807, 2.05) is 0 Å². The van der Waals surface area contributed by atoms with Gasteiger partial charge >= 0.3 is 0 Å². The van der Waals surface area contributed by atoms with Gasteiger partial charge in [0.15, 0.2) is 0 Å². The van der Waals surface area contributed by atoms with Crippen molar-refractivity contribution in [2.45, 2.75) is 39.3 Å². The molecule has 0 saturated carbocycles. The van der Waals surface area contributed by atoms with Crippen LogP contribution in [0, 0.1) is 17.0 Å². The molecule has 0 atom stereocenters. The molecule has 0 bridgehead atoms. The van der Waals surface area contributed by atoms with Crippen LogP contribution in [0.15, 0.2) is 107 Å². The minimum Gasteiger partial charge on any atom is -0.398 e. The molecule has 0 aliphatic rings. The molecule has 0 spiro atoms. The van der Waals surface area contributed by atoms with Gasteiger partial charge in [0, 0.05) is 46.9 Å².